The molecule has 0 aliphatic heterocycles. The Morgan fingerprint density at radius 3 is 2.46 bits per heavy atom. The first-order valence-corrected chi connectivity index (χ1v) is 13.1. The number of hydrogen-bond donors (Lipinski definition) is 2. The van der Waals surface area contributed by atoms with E-state index in [-0.39, 0.29) is 49.8 Å². The molecule has 1 aliphatic rings. The molecule has 0 saturated heterocycles. The van der Waals surface area contributed by atoms with Crippen LogP contribution in [-0.2, 0) is 24.3 Å². The van der Waals surface area contributed by atoms with Crippen LogP contribution in [0.1, 0.15) is 42.5 Å². The minimum Gasteiger partial charge on any atom is -0.540 e. The van der Waals surface area contributed by atoms with E-state index in [0.29, 0.717) is 34.1 Å². The van der Waals surface area contributed by atoms with Crippen molar-refractivity contribution in [2.24, 2.45) is 0 Å². The minimum atomic E-state index is -1.08. The van der Waals surface area contributed by atoms with E-state index in [1.165, 1.54) is 4.52 Å². The van der Waals surface area contributed by atoms with Crippen molar-refractivity contribution < 1.29 is 38.9 Å². The Balaban J connectivity index is 0.00000353. The molecule has 2 aromatic carbocycles. The molecule has 203 valence electrons. The number of aliphatic hydroxyl groups is 1. The van der Waals surface area contributed by atoms with Gasteiger partial charge in [-0.2, -0.15) is 0 Å². The number of ether oxygens (including phenoxy) is 1. The maximum Gasteiger partial charge on any atom is 1.00 e. The predicted molar refractivity (Wildman–Crippen MR) is 145 cm³/mol. The van der Waals surface area contributed by atoms with E-state index < -0.39 is 11.4 Å². The van der Waals surface area contributed by atoms with Crippen LogP contribution in [0.25, 0.3) is 28.0 Å². The Labute approximate surface area is 248 Å². The van der Waals surface area contributed by atoms with Gasteiger partial charge in [0.05, 0.1) is 12.3 Å². The van der Waals surface area contributed by atoms with Crippen molar-refractivity contribution >= 4 is 41.0 Å². The molecular weight excluding hydrogens is 628 g/mol. The van der Waals surface area contributed by atoms with E-state index >= 15 is 0 Å². The Hall–Kier alpha value is -2.84. The first-order chi connectivity index (χ1) is 18.5. The summed E-state index contributed by atoms with van der Waals surface area (Å²) in [7, 11) is 0. The van der Waals surface area contributed by atoms with Crippen LogP contribution in [0.15, 0.2) is 54.7 Å². The van der Waals surface area contributed by atoms with Gasteiger partial charge in [0.25, 0.3) is 5.91 Å². The number of aliphatic hydroxyl groups excluding tert-OH is 1. The number of benzene rings is 2. The van der Waals surface area contributed by atoms with Crippen molar-refractivity contribution in [2.45, 2.75) is 37.6 Å². The first-order valence-electron chi connectivity index (χ1n) is 12.3. The van der Waals surface area contributed by atoms with Gasteiger partial charge in [-0.15, -0.1) is 5.10 Å². The second-order valence-corrected chi connectivity index (χ2v) is 10.0. The van der Waals surface area contributed by atoms with Crippen LogP contribution in [0.2, 0.25) is 10.0 Å². The second kappa shape index (κ2) is 12.6. The number of hydrogen-bond acceptors (Lipinski definition) is 6. The fraction of sp³-hybridized carbons (Fsp3) is 0.286. The number of aromatic nitrogens is 3. The van der Waals surface area contributed by atoms with E-state index in [1.54, 1.807) is 24.4 Å². The van der Waals surface area contributed by atoms with E-state index in [2.05, 4.69) is 21.7 Å². The summed E-state index contributed by atoms with van der Waals surface area (Å²) in [4.78, 5) is 30.2. The SMILES string of the molecule is O=[C-]C1(NC(=O)c2c(OCCO)nn3c(-c4ccc(Cl)cc4)c(-c4ccccc4Cl)cnc23)CCCCC1.[Ru+]. The molecular formula is C28H25Cl2N4O4Ru. The average molecular weight is 654 g/mol. The Bertz CT molecular complexity index is 1490. The number of rotatable bonds is 8. The van der Waals surface area contributed by atoms with Gasteiger partial charge in [0.1, 0.15) is 12.2 Å². The summed E-state index contributed by atoms with van der Waals surface area (Å²) in [5, 5.41) is 18.0. The van der Waals surface area contributed by atoms with Crippen LogP contribution < -0.4 is 10.1 Å². The van der Waals surface area contributed by atoms with Crippen molar-refractivity contribution in [3.8, 4) is 28.3 Å². The number of fused-ring (bicyclic) bond motifs is 1. The molecule has 2 aromatic heterocycles. The van der Waals surface area contributed by atoms with E-state index in [1.807, 2.05) is 30.3 Å². The molecule has 0 spiro atoms. The quantitative estimate of drug-likeness (QED) is 0.198. The Morgan fingerprint density at radius 2 is 1.79 bits per heavy atom. The van der Waals surface area contributed by atoms with Crippen LogP contribution in [0.3, 0.4) is 0 Å². The molecule has 0 bridgehead atoms. The molecule has 0 unspecified atom stereocenters. The summed E-state index contributed by atoms with van der Waals surface area (Å²) in [6, 6.07) is 14.5. The zero-order chi connectivity index (χ0) is 26.7. The largest absolute Gasteiger partial charge is 1.00 e. The monoisotopic (exact) mass is 653 g/mol. The van der Waals surface area contributed by atoms with Gasteiger partial charge < -0.3 is 20.0 Å². The third kappa shape index (κ3) is 5.87. The van der Waals surface area contributed by atoms with Crippen molar-refractivity contribution in [1.29, 1.82) is 0 Å². The van der Waals surface area contributed by atoms with E-state index in [4.69, 9.17) is 27.9 Å². The number of amides is 1. The number of halogens is 2. The van der Waals surface area contributed by atoms with Crippen molar-refractivity contribution in [3.05, 3.63) is 70.3 Å². The molecule has 1 radical (unpaired) electrons. The molecule has 1 saturated carbocycles. The maximum atomic E-state index is 13.7. The zero-order valence-electron chi connectivity index (χ0n) is 20.8. The molecule has 1 amide bonds. The molecule has 1 fully saturated rings. The van der Waals surface area contributed by atoms with Crippen LogP contribution >= 0.6 is 23.2 Å². The fourth-order valence-corrected chi connectivity index (χ4v) is 5.22. The molecule has 2 N–H and O–H groups in total. The first kappa shape index (κ1) is 29.2. The molecule has 4 aromatic rings. The summed E-state index contributed by atoms with van der Waals surface area (Å²) in [5.41, 5.74) is 2.00. The number of carbonyl (C=O) groups excluding carboxylic acids is 2. The third-order valence-corrected chi connectivity index (χ3v) is 7.29. The number of nitrogens with zero attached hydrogens (tertiary/aromatic N) is 3. The third-order valence-electron chi connectivity index (χ3n) is 6.71. The summed E-state index contributed by atoms with van der Waals surface area (Å²) in [6.45, 7) is -0.355. The van der Waals surface area contributed by atoms with Gasteiger partial charge in [-0.05, 0) is 18.2 Å². The molecule has 39 heavy (non-hydrogen) atoms. The van der Waals surface area contributed by atoms with Crippen LogP contribution in [-0.4, -0.2) is 50.7 Å². The minimum absolute atomic E-state index is 0. The average Bonchev–Trinajstić information content (AvgIpc) is 3.31. The van der Waals surface area contributed by atoms with Crippen LogP contribution in [0, 0.1) is 0 Å². The molecule has 11 heteroatoms. The molecule has 2 heterocycles. The normalized spacial score (nSPS) is 14.4. The van der Waals surface area contributed by atoms with Gasteiger partial charge in [-0.3, -0.25) is 4.79 Å². The van der Waals surface area contributed by atoms with Crippen LogP contribution in [0.4, 0.5) is 0 Å². The molecule has 0 atom stereocenters. The summed E-state index contributed by atoms with van der Waals surface area (Å²) >= 11 is 12.7. The van der Waals surface area contributed by atoms with Crippen LogP contribution in [0.5, 0.6) is 5.88 Å². The smallest absolute Gasteiger partial charge is 0.540 e. The van der Waals surface area contributed by atoms with Gasteiger partial charge in [0.15, 0.2) is 5.65 Å². The summed E-state index contributed by atoms with van der Waals surface area (Å²) < 4.78 is 7.23. The fourth-order valence-electron chi connectivity index (χ4n) is 4.86. The Kier molecular flexibility index (Phi) is 9.39. The topological polar surface area (TPSA) is 106 Å². The summed E-state index contributed by atoms with van der Waals surface area (Å²) in [5.74, 6) is -0.550. The number of nitrogens with one attached hydrogen (secondary N) is 1. The predicted octanol–water partition coefficient (Wildman–Crippen LogP) is 5.28. The molecule has 1 aliphatic carbocycles. The van der Waals surface area contributed by atoms with Gasteiger partial charge in [-0.25, -0.2) is 15.8 Å². The maximum absolute atomic E-state index is 13.7. The van der Waals surface area contributed by atoms with Gasteiger partial charge >= 0.3 is 19.5 Å². The Morgan fingerprint density at radius 1 is 1.08 bits per heavy atom. The number of carbonyl (C=O) groups is 1. The van der Waals surface area contributed by atoms with Gasteiger partial charge in [0, 0.05) is 32.9 Å². The molecule has 5 rings (SSSR count). The molecule has 8 nitrogen and oxygen atoms in total. The van der Waals surface area contributed by atoms with E-state index in [9.17, 15) is 14.7 Å². The summed E-state index contributed by atoms with van der Waals surface area (Å²) in [6.07, 6.45) is 7.35. The van der Waals surface area contributed by atoms with Crippen molar-refractivity contribution in [2.75, 3.05) is 13.2 Å². The van der Waals surface area contributed by atoms with Gasteiger partial charge in [0.2, 0.25) is 5.88 Å². The van der Waals surface area contributed by atoms with Crippen molar-refractivity contribution in [1.82, 2.24) is 19.9 Å². The zero-order valence-corrected chi connectivity index (χ0v) is 24.0. The van der Waals surface area contributed by atoms with Crippen molar-refractivity contribution in [3.63, 3.8) is 0 Å². The standard InChI is InChI=1S/C28H25Cl2N4O4.Ru/c29-19-10-8-18(9-11-19)24-21(20-6-2-3-7-22(20)30)16-31-25-23(27(33-34(24)25)38-15-14-35)26(37)32-28(17-36)12-4-1-5-13-28;/h2-3,6-11,16,35H,1,4-5,12-15H2,(H,32,37);/q-1;+1. The van der Waals surface area contributed by atoms with Gasteiger partial charge in [-0.1, -0.05) is 91.2 Å². The second-order valence-electron chi connectivity index (χ2n) is 9.19. The van der Waals surface area contributed by atoms with E-state index in [0.717, 1.165) is 30.4 Å².